The molecule has 2 N–H and O–H groups in total. The summed E-state index contributed by atoms with van der Waals surface area (Å²) in [5.41, 5.74) is 9.54. The summed E-state index contributed by atoms with van der Waals surface area (Å²) in [6, 6.07) is 16.7. The van der Waals surface area contributed by atoms with E-state index >= 15 is 0 Å². The van der Waals surface area contributed by atoms with Crippen LogP contribution in [-0.4, -0.2) is 56.2 Å². The summed E-state index contributed by atoms with van der Waals surface area (Å²) in [4.78, 5) is 17.7. The number of hydrogen-bond donors (Lipinski definition) is 2. The number of carbonyl (C=O) groups excluding carboxylic acids is 1. The Labute approximate surface area is 171 Å². The van der Waals surface area contributed by atoms with Crippen LogP contribution in [0.15, 0.2) is 48.5 Å². The lowest BCUT2D eigenvalue weighted by atomic mass is 10.0. The Morgan fingerprint density at radius 1 is 1.07 bits per heavy atom. The van der Waals surface area contributed by atoms with E-state index in [2.05, 4.69) is 40.0 Å². The minimum atomic E-state index is 0.00686. The highest BCUT2D eigenvalue weighted by atomic mass is 16.5. The highest BCUT2D eigenvalue weighted by Gasteiger charge is 2.50. The van der Waals surface area contributed by atoms with E-state index in [1.165, 1.54) is 0 Å². The van der Waals surface area contributed by atoms with E-state index in [9.17, 15) is 4.79 Å². The molecule has 2 bridgehead atoms. The largest absolute Gasteiger partial charge is 0.495 e. The average molecular weight is 393 g/mol. The summed E-state index contributed by atoms with van der Waals surface area (Å²) >= 11 is 0. The highest BCUT2D eigenvalue weighted by molar-refractivity contribution is 6.03. The molecule has 152 valence electrons. The number of hydrazine groups is 1. The predicted molar refractivity (Wildman–Crippen MR) is 114 cm³/mol. The van der Waals surface area contributed by atoms with Gasteiger partial charge in [0.2, 0.25) is 5.91 Å². The van der Waals surface area contributed by atoms with Crippen molar-refractivity contribution in [2.45, 2.75) is 24.9 Å². The van der Waals surface area contributed by atoms with Crippen LogP contribution in [0, 0.1) is 5.92 Å². The van der Waals surface area contributed by atoms with E-state index < -0.39 is 0 Å². The van der Waals surface area contributed by atoms with Crippen molar-refractivity contribution < 1.29 is 9.53 Å². The molecule has 0 spiro atoms. The number of hydrogen-bond acceptors (Lipinski definition) is 5. The summed E-state index contributed by atoms with van der Waals surface area (Å²) in [7, 11) is 1.68. The van der Waals surface area contributed by atoms with Crippen LogP contribution in [0.25, 0.3) is 11.1 Å². The normalized spacial score (nSPS) is 24.6. The molecule has 1 amide bonds. The molecule has 0 radical (unpaired) electrons. The summed E-state index contributed by atoms with van der Waals surface area (Å²) in [5.74, 6) is 1.63. The molecule has 0 unspecified atom stereocenters. The van der Waals surface area contributed by atoms with Crippen LogP contribution >= 0.6 is 0 Å². The molecule has 3 saturated heterocycles. The fourth-order valence-electron chi connectivity index (χ4n) is 4.97. The third-order valence-electron chi connectivity index (χ3n) is 6.55. The van der Waals surface area contributed by atoms with Gasteiger partial charge in [-0.2, -0.15) is 0 Å². The number of nitrogens with one attached hydrogen (secondary N) is 2. The highest BCUT2D eigenvalue weighted by Crippen LogP contribution is 2.41. The fraction of sp³-hybridized carbons (Fsp3) is 0.435. The van der Waals surface area contributed by atoms with Crippen molar-refractivity contribution in [3.63, 3.8) is 0 Å². The topological polar surface area (TPSA) is 56.8 Å². The number of carbonyl (C=O) groups is 1. The van der Waals surface area contributed by atoms with Crippen molar-refractivity contribution >= 4 is 11.6 Å². The second-order valence-corrected chi connectivity index (χ2v) is 8.28. The second-order valence-electron chi connectivity index (χ2n) is 8.28. The standard InChI is InChI=1S/C23H28N4O2/c1-29-22-8-7-18(17-5-3-2-4-6-17)11-20(22)27-19-12-21(23(27)28)26(15-19)10-9-16-13-24-25-14-16/h2-8,11,16,19,21,24-25H,9-10,12-15H2,1H3/t19-,21-/m0/s1. The maximum atomic E-state index is 13.3. The molecule has 5 rings (SSSR count). The van der Waals surface area contributed by atoms with Gasteiger partial charge in [-0.3, -0.25) is 20.5 Å². The SMILES string of the molecule is COc1ccc(-c2ccccc2)cc1N1C(=O)[C@@H]2C[C@H]1CN2CCC1CNNC1. The molecule has 0 aliphatic carbocycles. The molecule has 6 heteroatoms. The van der Waals surface area contributed by atoms with Crippen molar-refractivity contribution in [3.8, 4) is 16.9 Å². The minimum absolute atomic E-state index is 0.00686. The second kappa shape index (κ2) is 7.78. The number of nitrogens with zero attached hydrogens (tertiary/aromatic N) is 2. The van der Waals surface area contributed by atoms with E-state index in [-0.39, 0.29) is 18.0 Å². The Balaban J connectivity index is 1.36. The molecule has 6 nitrogen and oxygen atoms in total. The molecule has 0 aromatic heterocycles. The van der Waals surface area contributed by atoms with Gasteiger partial charge < -0.3 is 9.64 Å². The van der Waals surface area contributed by atoms with Crippen molar-refractivity contribution in [2.75, 3.05) is 38.2 Å². The lowest BCUT2D eigenvalue weighted by Gasteiger charge is -2.35. The van der Waals surface area contributed by atoms with Crippen LogP contribution < -0.4 is 20.5 Å². The first-order chi connectivity index (χ1) is 14.2. The zero-order valence-electron chi connectivity index (χ0n) is 16.8. The maximum absolute atomic E-state index is 13.3. The molecule has 3 aliphatic rings. The summed E-state index contributed by atoms with van der Waals surface area (Å²) in [6.45, 7) is 3.98. The smallest absolute Gasteiger partial charge is 0.244 e. The number of fused-ring (bicyclic) bond motifs is 2. The minimum Gasteiger partial charge on any atom is -0.495 e. The lowest BCUT2D eigenvalue weighted by molar-refractivity contribution is -0.122. The Morgan fingerprint density at radius 2 is 1.86 bits per heavy atom. The zero-order chi connectivity index (χ0) is 19.8. The summed E-state index contributed by atoms with van der Waals surface area (Å²) in [6.07, 6.45) is 2.04. The quantitative estimate of drug-likeness (QED) is 0.790. The van der Waals surface area contributed by atoms with Crippen LogP contribution in [0.5, 0.6) is 5.75 Å². The van der Waals surface area contributed by atoms with Gasteiger partial charge in [-0.15, -0.1) is 0 Å². The van der Waals surface area contributed by atoms with Gasteiger partial charge in [0, 0.05) is 19.6 Å². The Hall–Kier alpha value is -2.41. The molecule has 3 fully saturated rings. The molecule has 3 aliphatic heterocycles. The first-order valence-corrected chi connectivity index (χ1v) is 10.5. The van der Waals surface area contributed by atoms with Gasteiger partial charge in [-0.05, 0) is 48.6 Å². The van der Waals surface area contributed by atoms with E-state index in [1.807, 2.05) is 29.2 Å². The van der Waals surface area contributed by atoms with Gasteiger partial charge in [-0.25, -0.2) is 0 Å². The number of amides is 1. The van der Waals surface area contributed by atoms with Gasteiger partial charge in [0.1, 0.15) is 5.75 Å². The maximum Gasteiger partial charge on any atom is 0.244 e. The average Bonchev–Trinajstić information content (AvgIpc) is 3.49. The molecule has 3 heterocycles. The van der Waals surface area contributed by atoms with Crippen molar-refractivity contribution in [2.24, 2.45) is 5.92 Å². The van der Waals surface area contributed by atoms with Crippen LogP contribution in [0.1, 0.15) is 12.8 Å². The molecule has 2 atom stereocenters. The number of anilines is 1. The van der Waals surface area contributed by atoms with Gasteiger partial charge in [-0.1, -0.05) is 36.4 Å². The first-order valence-electron chi connectivity index (χ1n) is 10.5. The van der Waals surface area contributed by atoms with Gasteiger partial charge in [0.15, 0.2) is 0 Å². The number of piperazine rings is 1. The number of rotatable bonds is 6. The molecule has 2 aromatic rings. The van der Waals surface area contributed by atoms with Gasteiger partial charge >= 0.3 is 0 Å². The fourth-order valence-corrected chi connectivity index (χ4v) is 4.97. The zero-order valence-corrected chi connectivity index (χ0v) is 16.8. The number of ether oxygens (including phenoxy) is 1. The van der Waals surface area contributed by atoms with Crippen molar-refractivity contribution in [1.29, 1.82) is 0 Å². The molecular weight excluding hydrogens is 364 g/mol. The van der Waals surface area contributed by atoms with Crippen LogP contribution in [0.2, 0.25) is 0 Å². The lowest BCUT2D eigenvalue weighted by Crippen LogP contribution is -2.51. The third kappa shape index (κ3) is 3.41. The van der Waals surface area contributed by atoms with E-state index in [0.717, 1.165) is 61.6 Å². The summed E-state index contributed by atoms with van der Waals surface area (Å²) < 4.78 is 5.63. The third-order valence-corrected chi connectivity index (χ3v) is 6.55. The summed E-state index contributed by atoms with van der Waals surface area (Å²) in [5, 5.41) is 0. The predicted octanol–water partition coefficient (Wildman–Crippen LogP) is 2.27. The number of methoxy groups -OCH3 is 1. The van der Waals surface area contributed by atoms with Gasteiger partial charge in [0.25, 0.3) is 0 Å². The van der Waals surface area contributed by atoms with Gasteiger partial charge in [0.05, 0.1) is 24.9 Å². The Kier molecular flexibility index (Phi) is 4.99. The van der Waals surface area contributed by atoms with Crippen molar-refractivity contribution in [1.82, 2.24) is 15.8 Å². The Morgan fingerprint density at radius 3 is 2.59 bits per heavy atom. The molecule has 0 saturated carbocycles. The van der Waals surface area contributed by atoms with Crippen LogP contribution in [0.4, 0.5) is 5.69 Å². The molecule has 29 heavy (non-hydrogen) atoms. The van der Waals surface area contributed by atoms with E-state index in [4.69, 9.17) is 4.74 Å². The molecule has 2 aromatic carbocycles. The van der Waals surface area contributed by atoms with Crippen LogP contribution in [-0.2, 0) is 4.79 Å². The Bertz CT molecular complexity index is 882. The van der Waals surface area contributed by atoms with Crippen molar-refractivity contribution in [3.05, 3.63) is 48.5 Å². The first kappa shape index (κ1) is 18.6. The monoisotopic (exact) mass is 392 g/mol. The van der Waals surface area contributed by atoms with E-state index in [0.29, 0.717) is 5.92 Å². The molecular formula is C23H28N4O2. The van der Waals surface area contributed by atoms with E-state index in [1.54, 1.807) is 7.11 Å². The van der Waals surface area contributed by atoms with Crippen LogP contribution in [0.3, 0.4) is 0 Å². The number of benzene rings is 2. The number of likely N-dealkylation sites (tertiary alicyclic amines) is 1.